The molecule has 0 amide bonds. The first kappa shape index (κ1) is 8.16. The highest BCUT2D eigenvalue weighted by Gasteiger charge is 2.23. The van der Waals surface area contributed by atoms with Crippen LogP contribution in [0.5, 0.6) is 0 Å². The summed E-state index contributed by atoms with van der Waals surface area (Å²) in [7, 11) is 0. The van der Waals surface area contributed by atoms with Gasteiger partial charge in [0.15, 0.2) is 0 Å². The summed E-state index contributed by atoms with van der Waals surface area (Å²) in [6.07, 6.45) is 0. The van der Waals surface area contributed by atoms with Gasteiger partial charge in [-0.25, -0.2) is 0 Å². The maximum absolute atomic E-state index is 5.68. The van der Waals surface area contributed by atoms with Crippen LogP contribution in [0.15, 0.2) is 5.38 Å². The summed E-state index contributed by atoms with van der Waals surface area (Å²) in [5.74, 6) is 0. The monoisotopic (exact) mass is 183 g/mol. The van der Waals surface area contributed by atoms with Crippen molar-refractivity contribution >= 4 is 11.5 Å². The Morgan fingerprint density at radius 3 is 3.00 bits per heavy atom. The van der Waals surface area contributed by atoms with Crippen LogP contribution in [-0.4, -0.2) is 28.4 Å². The summed E-state index contributed by atoms with van der Waals surface area (Å²) in [5.41, 5.74) is 8.20. The number of likely N-dealkylation sites (tertiary alicyclic amines) is 1. The average Bonchev–Trinajstić information content (AvgIpc) is 2.33. The van der Waals surface area contributed by atoms with Crippen LogP contribution in [0.3, 0.4) is 0 Å². The van der Waals surface area contributed by atoms with E-state index < -0.39 is 0 Å². The van der Waals surface area contributed by atoms with Gasteiger partial charge in [0.1, 0.15) is 0 Å². The lowest BCUT2D eigenvalue weighted by molar-refractivity contribution is 0.142. The highest BCUT2D eigenvalue weighted by atomic mass is 32.1. The second-order valence-electron chi connectivity index (χ2n) is 3.38. The van der Waals surface area contributed by atoms with Crippen LogP contribution >= 0.6 is 11.5 Å². The highest BCUT2D eigenvalue weighted by Crippen LogP contribution is 2.15. The number of hydrogen-bond acceptors (Lipinski definition) is 4. The van der Waals surface area contributed by atoms with E-state index in [1.165, 1.54) is 22.8 Å². The lowest BCUT2D eigenvalue weighted by atomic mass is 10.1. The molecule has 2 rings (SSSR count). The topological polar surface area (TPSA) is 42.2 Å². The normalized spacial score (nSPS) is 19.5. The van der Waals surface area contributed by atoms with Crippen LogP contribution in [0.4, 0.5) is 0 Å². The molecular formula is C8H13N3S. The minimum Gasteiger partial charge on any atom is -0.325 e. The van der Waals surface area contributed by atoms with Gasteiger partial charge < -0.3 is 5.73 Å². The van der Waals surface area contributed by atoms with Crippen LogP contribution in [0.1, 0.15) is 11.3 Å². The third-order valence-electron chi connectivity index (χ3n) is 2.23. The Labute approximate surface area is 76.4 Å². The average molecular weight is 183 g/mol. The Morgan fingerprint density at radius 2 is 2.50 bits per heavy atom. The van der Waals surface area contributed by atoms with Crippen molar-refractivity contribution in [3.63, 3.8) is 0 Å². The Morgan fingerprint density at radius 1 is 1.75 bits per heavy atom. The standard InChI is InChI=1S/C8H13N3S/c1-6-7(5-12-10-6)2-11-3-8(9)4-11/h5,8H,2-4,9H2,1H3. The summed E-state index contributed by atoms with van der Waals surface area (Å²) in [5, 5.41) is 2.12. The van der Waals surface area contributed by atoms with E-state index in [0.717, 1.165) is 19.6 Å². The van der Waals surface area contributed by atoms with Crippen molar-refractivity contribution in [1.29, 1.82) is 0 Å². The fourth-order valence-electron chi connectivity index (χ4n) is 1.44. The molecule has 0 unspecified atom stereocenters. The van der Waals surface area contributed by atoms with Crippen molar-refractivity contribution < 1.29 is 0 Å². The van der Waals surface area contributed by atoms with E-state index in [1.807, 2.05) is 0 Å². The first-order valence-electron chi connectivity index (χ1n) is 4.13. The third-order valence-corrected chi connectivity index (χ3v) is 3.00. The van der Waals surface area contributed by atoms with Gasteiger partial charge in [-0.1, -0.05) is 0 Å². The van der Waals surface area contributed by atoms with E-state index in [9.17, 15) is 0 Å². The molecule has 4 heteroatoms. The van der Waals surface area contributed by atoms with Gasteiger partial charge in [0.25, 0.3) is 0 Å². The van der Waals surface area contributed by atoms with Crippen molar-refractivity contribution in [3.8, 4) is 0 Å². The molecule has 0 radical (unpaired) electrons. The zero-order valence-electron chi connectivity index (χ0n) is 7.16. The van der Waals surface area contributed by atoms with Crippen LogP contribution in [0, 0.1) is 6.92 Å². The Bertz CT molecular complexity index is 265. The largest absolute Gasteiger partial charge is 0.325 e. The number of rotatable bonds is 2. The number of nitrogens with zero attached hydrogens (tertiary/aromatic N) is 2. The fourth-order valence-corrected chi connectivity index (χ4v) is 2.14. The van der Waals surface area contributed by atoms with Crippen molar-refractivity contribution in [2.45, 2.75) is 19.5 Å². The van der Waals surface area contributed by atoms with E-state index in [0.29, 0.717) is 6.04 Å². The van der Waals surface area contributed by atoms with Crippen molar-refractivity contribution in [2.24, 2.45) is 5.73 Å². The molecule has 0 aliphatic carbocycles. The van der Waals surface area contributed by atoms with Gasteiger partial charge in [-0.2, -0.15) is 4.37 Å². The molecule has 2 heterocycles. The van der Waals surface area contributed by atoms with Crippen molar-refractivity contribution in [3.05, 3.63) is 16.6 Å². The van der Waals surface area contributed by atoms with Crippen LogP contribution < -0.4 is 5.73 Å². The van der Waals surface area contributed by atoms with Crippen LogP contribution in [0.2, 0.25) is 0 Å². The molecule has 1 fully saturated rings. The van der Waals surface area contributed by atoms with E-state index >= 15 is 0 Å². The zero-order valence-corrected chi connectivity index (χ0v) is 7.97. The zero-order chi connectivity index (χ0) is 8.55. The SMILES string of the molecule is Cc1nscc1CN1CC(N)C1. The quantitative estimate of drug-likeness (QED) is 0.730. The van der Waals surface area contributed by atoms with Crippen molar-refractivity contribution in [2.75, 3.05) is 13.1 Å². The Balaban J connectivity index is 1.92. The minimum atomic E-state index is 0.400. The Hall–Kier alpha value is -0.450. The molecule has 0 aromatic carbocycles. The lowest BCUT2D eigenvalue weighted by Crippen LogP contribution is -2.54. The Kier molecular flexibility index (Phi) is 2.12. The molecule has 0 bridgehead atoms. The molecule has 1 aromatic heterocycles. The third kappa shape index (κ3) is 1.50. The fraction of sp³-hybridized carbons (Fsp3) is 0.625. The molecule has 66 valence electrons. The van der Waals surface area contributed by atoms with Gasteiger partial charge in [0.2, 0.25) is 0 Å². The second-order valence-corrected chi connectivity index (χ2v) is 4.01. The molecule has 1 aromatic rings. The molecule has 12 heavy (non-hydrogen) atoms. The minimum absolute atomic E-state index is 0.400. The molecule has 1 aliphatic heterocycles. The number of nitrogens with two attached hydrogens (primary N) is 1. The summed E-state index contributed by atoms with van der Waals surface area (Å²) >= 11 is 1.54. The van der Waals surface area contributed by atoms with Gasteiger partial charge in [0, 0.05) is 31.1 Å². The van der Waals surface area contributed by atoms with Crippen molar-refractivity contribution in [1.82, 2.24) is 9.27 Å². The second kappa shape index (κ2) is 3.12. The highest BCUT2D eigenvalue weighted by molar-refractivity contribution is 7.03. The molecule has 0 saturated carbocycles. The predicted molar refractivity (Wildman–Crippen MR) is 50.1 cm³/mol. The predicted octanol–water partition coefficient (Wildman–Crippen LogP) is 0.594. The summed E-state index contributed by atoms with van der Waals surface area (Å²) in [6, 6.07) is 0.400. The van der Waals surface area contributed by atoms with Crippen LogP contribution in [0.25, 0.3) is 0 Å². The van der Waals surface area contributed by atoms with E-state index in [-0.39, 0.29) is 0 Å². The number of aromatic nitrogens is 1. The number of hydrogen-bond donors (Lipinski definition) is 1. The number of aryl methyl sites for hydroxylation is 1. The van der Waals surface area contributed by atoms with Crippen LogP contribution in [-0.2, 0) is 6.54 Å². The van der Waals surface area contributed by atoms with Gasteiger partial charge >= 0.3 is 0 Å². The van der Waals surface area contributed by atoms with Gasteiger partial charge in [-0.15, -0.1) is 0 Å². The molecule has 2 N–H and O–H groups in total. The van der Waals surface area contributed by atoms with E-state index in [4.69, 9.17) is 5.73 Å². The lowest BCUT2D eigenvalue weighted by Gasteiger charge is -2.36. The maximum atomic E-state index is 5.68. The van der Waals surface area contributed by atoms with E-state index in [1.54, 1.807) is 0 Å². The molecule has 0 spiro atoms. The van der Waals surface area contributed by atoms with Gasteiger partial charge in [-0.3, -0.25) is 4.90 Å². The summed E-state index contributed by atoms with van der Waals surface area (Å²) < 4.78 is 4.23. The summed E-state index contributed by atoms with van der Waals surface area (Å²) in [4.78, 5) is 2.35. The van der Waals surface area contributed by atoms with Gasteiger partial charge in [-0.05, 0) is 24.0 Å². The first-order valence-corrected chi connectivity index (χ1v) is 4.97. The molecular weight excluding hydrogens is 170 g/mol. The maximum Gasteiger partial charge on any atom is 0.0556 e. The molecule has 0 atom stereocenters. The smallest absolute Gasteiger partial charge is 0.0556 e. The molecule has 3 nitrogen and oxygen atoms in total. The summed E-state index contributed by atoms with van der Waals surface area (Å²) in [6.45, 7) is 5.16. The molecule has 1 saturated heterocycles. The van der Waals surface area contributed by atoms with E-state index in [2.05, 4.69) is 21.6 Å². The van der Waals surface area contributed by atoms with Gasteiger partial charge in [0.05, 0.1) is 5.69 Å². The molecule has 1 aliphatic rings. The first-order chi connectivity index (χ1) is 5.75.